The molecule has 15 heavy (non-hydrogen) atoms. The Kier molecular flexibility index (Phi) is 7.13. The molecule has 0 heterocycles. The summed E-state index contributed by atoms with van der Waals surface area (Å²) >= 11 is 0. The summed E-state index contributed by atoms with van der Waals surface area (Å²) < 4.78 is 25.5. The van der Waals surface area contributed by atoms with Crippen LogP contribution in [0.1, 0.15) is 33.6 Å². The van der Waals surface area contributed by atoms with Crippen LogP contribution in [0.2, 0.25) is 0 Å². The highest BCUT2D eigenvalue weighted by Crippen LogP contribution is 2.09. The minimum atomic E-state index is -3.06. The maximum atomic E-state index is 11.9. The lowest BCUT2D eigenvalue weighted by Gasteiger charge is -2.25. The van der Waals surface area contributed by atoms with Gasteiger partial charge in [-0.25, -0.2) is 8.42 Å². The molecule has 0 saturated carbocycles. The zero-order valence-corrected chi connectivity index (χ0v) is 11.1. The van der Waals surface area contributed by atoms with Gasteiger partial charge in [-0.15, -0.1) is 0 Å². The molecular weight excluding hydrogens is 212 g/mol. The van der Waals surface area contributed by atoms with Crippen LogP contribution in [-0.2, 0) is 10.0 Å². The lowest BCUT2D eigenvalue weighted by molar-refractivity contribution is 0.353. The van der Waals surface area contributed by atoms with Crippen LogP contribution in [0.3, 0.4) is 0 Å². The molecule has 0 aromatic heterocycles. The second-order valence-corrected chi connectivity index (χ2v) is 6.02. The molecule has 0 rings (SSSR count). The van der Waals surface area contributed by atoms with Crippen molar-refractivity contribution in [3.05, 3.63) is 0 Å². The van der Waals surface area contributed by atoms with Crippen molar-refractivity contribution in [3.63, 3.8) is 0 Å². The topological polar surface area (TPSA) is 49.4 Å². The van der Waals surface area contributed by atoms with Gasteiger partial charge in [-0.2, -0.15) is 4.31 Å². The van der Waals surface area contributed by atoms with Crippen LogP contribution in [0.4, 0.5) is 0 Å². The summed E-state index contributed by atoms with van der Waals surface area (Å²) in [4.78, 5) is 0. The molecule has 0 amide bonds. The molecule has 0 saturated heterocycles. The Labute approximate surface area is 94.1 Å². The fourth-order valence-electron chi connectivity index (χ4n) is 1.49. The summed E-state index contributed by atoms with van der Waals surface area (Å²) in [5, 5.41) is 2.96. The van der Waals surface area contributed by atoms with E-state index in [-0.39, 0.29) is 11.8 Å². The third-order valence-electron chi connectivity index (χ3n) is 2.21. The van der Waals surface area contributed by atoms with Crippen molar-refractivity contribution in [2.75, 3.05) is 25.9 Å². The summed E-state index contributed by atoms with van der Waals surface area (Å²) in [6.45, 7) is 7.21. The van der Waals surface area contributed by atoms with Crippen LogP contribution < -0.4 is 5.32 Å². The standard InChI is InChI=1S/C10H24N2O2S/c1-5-8-12(10(2)3)15(13,14)9-6-7-11-4/h10-11H,5-9H2,1-4H3. The lowest BCUT2D eigenvalue weighted by Crippen LogP contribution is -2.39. The van der Waals surface area contributed by atoms with E-state index in [1.165, 1.54) is 0 Å². The number of sulfonamides is 1. The van der Waals surface area contributed by atoms with Gasteiger partial charge in [0.25, 0.3) is 0 Å². The van der Waals surface area contributed by atoms with Gasteiger partial charge in [0.2, 0.25) is 10.0 Å². The number of rotatable bonds is 8. The number of hydrogen-bond acceptors (Lipinski definition) is 3. The summed E-state index contributed by atoms with van der Waals surface area (Å²) in [5.74, 6) is 0.242. The molecular formula is C10H24N2O2S. The first kappa shape index (κ1) is 14.9. The van der Waals surface area contributed by atoms with Gasteiger partial charge in [-0.05, 0) is 40.3 Å². The quantitative estimate of drug-likeness (QED) is 0.641. The highest BCUT2D eigenvalue weighted by molar-refractivity contribution is 7.89. The molecule has 0 aliphatic carbocycles. The third kappa shape index (κ3) is 5.49. The third-order valence-corrected chi connectivity index (χ3v) is 4.33. The van der Waals surface area contributed by atoms with Gasteiger partial charge in [0, 0.05) is 12.6 Å². The van der Waals surface area contributed by atoms with E-state index >= 15 is 0 Å². The van der Waals surface area contributed by atoms with Crippen LogP contribution in [0.5, 0.6) is 0 Å². The molecule has 0 radical (unpaired) electrons. The van der Waals surface area contributed by atoms with E-state index in [1.54, 1.807) is 4.31 Å². The Morgan fingerprint density at radius 2 is 1.93 bits per heavy atom. The van der Waals surface area contributed by atoms with E-state index < -0.39 is 10.0 Å². The van der Waals surface area contributed by atoms with E-state index in [0.29, 0.717) is 13.0 Å². The maximum Gasteiger partial charge on any atom is 0.214 e. The zero-order valence-electron chi connectivity index (χ0n) is 10.3. The van der Waals surface area contributed by atoms with E-state index in [9.17, 15) is 8.42 Å². The van der Waals surface area contributed by atoms with E-state index in [1.807, 2.05) is 27.8 Å². The normalized spacial score (nSPS) is 12.7. The molecule has 0 fully saturated rings. The predicted octanol–water partition coefficient (Wildman–Crippen LogP) is 1.05. The van der Waals surface area contributed by atoms with E-state index in [0.717, 1.165) is 13.0 Å². The zero-order chi connectivity index (χ0) is 11.9. The molecule has 92 valence electrons. The van der Waals surface area contributed by atoms with Gasteiger partial charge in [0.05, 0.1) is 5.75 Å². The van der Waals surface area contributed by atoms with E-state index in [2.05, 4.69) is 5.32 Å². The highest BCUT2D eigenvalue weighted by Gasteiger charge is 2.23. The first-order chi connectivity index (χ1) is 6.95. The summed E-state index contributed by atoms with van der Waals surface area (Å²) in [6.07, 6.45) is 1.54. The van der Waals surface area contributed by atoms with Crippen LogP contribution in [0.25, 0.3) is 0 Å². The first-order valence-electron chi connectivity index (χ1n) is 5.59. The average Bonchev–Trinajstić information content (AvgIpc) is 2.13. The summed E-state index contributed by atoms with van der Waals surface area (Å²) in [5.41, 5.74) is 0. The number of nitrogens with zero attached hydrogens (tertiary/aromatic N) is 1. The van der Waals surface area contributed by atoms with Crippen molar-refractivity contribution >= 4 is 10.0 Å². The van der Waals surface area contributed by atoms with Gasteiger partial charge in [-0.1, -0.05) is 6.92 Å². The van der Waals surface area contributed by atoms with Crippen molar-refractivity contribution in [2.45, 2.75) is 39.7 Å². The molecule has 5 heteroatoms. The molecule has 0 aliphatic heterocycles. The van der Waals surface area contributed by atoms with Crippen molar-refractivity contribution < 1.29 is 8.42 Å². The van der Waals surface area contributed by atoms with Crippen molar-refractivity contribution in [3.8, 4) is 0 Å². The van der Waals surface area contributed by atoms with Crippen LogP contribution >= 0.6 is 0 Å². The second kappa shape index (κ2) is 7.19. The van der Waals surface area contributed by atoms with Gasteiger partial charge in [0.15, 0.2) is 0 Å². The van der Waals surface area contributed by atoms with Gasteiger partial charge < -0.3 is 5.32 Å². The Bertz CT molecular complexity index is 250. The Hall–Kier alpha value is -0.130. The van der Waals surface area contributed by atoms with E-state index in [4.69, 9.17) is 0 Å². The molecule has 0 atom stereocenters. The molecule has 0 spiro atoms. The fourth-order valence-corrected chi connectivity index (χ4v) is 3.33. The lowest BCUT2D eigenvalue weighted by atomic mass is 10.4. The second-order valence-electron chi connectivity index (χ2n) is 3.98. The number of hydrogen-bond donors (Lipinski definition) is 1. The molecule has 0 unspecified atom stereocenters. The molecule has 4 nitrogen and oxygen atoms in total. The van der Waals surface area contributed by atoms with Crippen molar-refractivity contribution in [1.29, 1.82) is 0 Å². The summed E-state index contributed by atoms with van der Waals surface area (Å²) in [6, 6.07) is 0.0598. The fraction of sp³-hybridized carbons (Fsp3) is 1.00. The average molecular weight is 236 g/mol. The van der Waals surface area contributed by atoms with Crippen LogP contribution in [0, 0.1) is 0 Å². The SMILES string of the molecule is CCCN(C(C)C)S(=O)(=O)CCCNC. The molecule has 0 aromatic carbocycles. The number of nitrogens with one attached hydrogen (secondary N) is 1. The predicted molar refractivity (Wildman–Crippen MR) is 64.5 cm³/mol. The first-order valence-corrected chi connectivity index (χ1v) is 7.20. The molecule has 0 aliphatic rings. The van der Waals surface area contributed by atoms with Crippen molar-refractivity contribution in [1.82, 2.24) is 9.62 Å². The van der Waals surface area contributed by atoms with Gasteiger partial charge >= 0.3 is 0 Å². The maximum absolute atomic E-state index is 11.9. The Morgan fingerprint density at radius 3 is 2.33 bits per heavy atom. The Morgan fingerprint density at radius 1 is 1.33 bits per heavy atom. The van der Waals surface area contributed by atoms with Gasteiger partial charge in [0.1, 0.15) is 0 Å². The largest absolute Gasteiger partial charge is 0.320 e. The highest BCUT2D eigenvalue weighted by atomic mass is 32.2. The monoisotopic (exact) mass is 236 g/mol. The van der Waals surface area contributed by atoms with Crippen molar-refractivity contribution in [2.24, 2.45) is 0 Å². The van der Waals surface area contributed by atoms with Crippen LogP contribution in [0.15, 0.2) is 0 Å². The molecule has 0 bridgehead atoms. The molecule has 0 aromatic rings. The van der Waals surface area contributed by atoms with Gasteiger partial charge in [-0.3, -0.25) is 0 Å². The Balaban J connectivity index is 4.37. The minimum Gasteiger partial charge on any atom is -0.320 e. The molecule has 1 N–H and O–H groups in total. The van der Waals surface area contributed by atoms with Crippen LogP contribution in [-0.4, -0.2) is 44.7 Å². The minimum absolute atomic E-state index is 0.0598. The smallest absolute Gasteiger partial charge is 0.214 e. The summed E-state index contributed by atoms with van der Waals surface area (Å²) in [7, 11) is -1.23.